The summed E-state index contributed by atoms with van der Waals surface area (Å²) in [5.74, 6) is 1.44. The number of nitrogens with one attached hydrogen (secondary N) is 2. The highest BCUT2D eigenvalue weighted by Crippen LogP contribution is 2.12. The molecule has 0 atom stereocenters. The second-order valence-electron chi connectivity index (χ2n) is 5.35. The number of rotatable bonds is 9. The molecule has 0 spiro atoms. The van der Waals surface area contributed by atoms with Crippen molar-refractivity contribution in [2.75, 3.05) is 19.7 Å². The number of para-hydroxylation sites is 1. The van der Waals surface area contributed by atoms with Crippen molar-refractivity contribution in [2.45, 2.75) is 6.54 Å². The molecule has 0 amide bonds. The number of ether oxygens (including phenoxy) is 1. The van der Waals surface area contributed by atoms with Crippen LogP contribution in [0, 0.1) is 10.1 Å². The predicted octanol–water partition coefficient (Wildman–Crippen LogP) is 3.51. The summed E-state index contributed by atoms with van der Waals surface area (Å²) in [7, 11) is 0. The van der Waals surface area contributed by atoms with Crippen LogP contribution in [0.15, 0.2) is 72.2 Å². The van der Waals surface area contributed by atoms with Gasteiger partial charge in [-0.05, 0) is 17.7 Å². The minimum atomic E-state index is -0.418. The number of guanidine groups is 1. The molecule has 7 nitrogen and oxygen atoms in total. The Hall–Kier alpha value is -2.62. The molecule has 0 bridgehead atoms. The largest absolute Gasteiger partial charge is 0.492 e. The van der Waals surface area contributed by atoms with Gasteiger partial charge in [-0.25, -0.2) is 4.99 Å². The monoisotopic (exact) mass is 482 g/mol. The summed E-state index contributed by atoms with van der Waals surface area (Å²) >= 11 is 0. The van der Waals surface area contributed by atoms with E-state index in [0.29, 0.717) is 32.2 Å². The van der Waals surface area contributed by atoms with Crippen molar-refractivity contribution in [3.8, 4) is 5.75 Å². The normalized spacial score (nSPS) is 10.4. The van der Waals surface area contributed by atoms with E-state index in [9.17, 15) is 10.1 Å². The Morgan fingerprint density at radius 2 is 1.85 bits per heavy atom. The Labute approximate surface area is 175 Å². The van der Waals surface area contributed by atoms with E-state index in [0.717, 1.165) is 11.3 Å². The molecule has 2 aromatic rings. The summed E-state index contributed by atoms with van der Waals surface area (Å²) in [6, 6.07) is 15.9. The zero-order chi connectivity index (χ0) is 18.6. The zero-order valence-electron chi connectivity index (χ0n) is 14.8. The Morgan fingerprint density at radius 1 is 1.15 bits per heavy atom. The van der Waals surface area contributed by atoms with Gasteiger partial charge in [-0.1, -0.05) is 36.4 Å². The van der Waals surface area contributed by atoms with Gasteiger partial charge >= 0.3 is 0 Å². The lowest BCUT2D eigenvalue weighted by Gasteiger charge is -2.12. The molecule has 0 aliphatic heterocycles. The molecule has 8 heteroatoms. The molecule has 144 valence electrons. The topological polar surface area (TPSA) is 88.8 Å². The van der Waals surface area contributed by atoms with Crippen molar-refractivity contribution in [2.24, 2.45) is 4.99 Å². The maximum atomic E-state index is 10.7. The van der Waals surface area contributed by atoms with Crippen LogP contribution in [0.3, 0.4) is 0 Å². The smallest absolute Gasteiger partial charge is 0.269 e. The minimum absolute atomic E-state index is 0. The number of nitro benzene ring substituents is 1. The molecular weight excluding hydrogens is 459 g/mol. The minimum Gasteiger partial charge on any atom is -0.492 e. The quantitative estimate of drug-likeness (QED) is 0.109. The Kier molecular flexibility index (Phi) is 10.5. The van der Waals surface area contributed by atoms with Gasteiger partial charge in [0, 0.05) is 18.7 Å². The van der Waals surface area contributed by atoms with Crippen LogP contribution < -0.4 is 15.4 Å². The fourth-order valence-electron chi connectivity index (χ4n) is 2.09. The first-order valence-electron chi connectivity index (χ1n) is 8.23. The van der Waals surface area contributed by atoms with E-state index in [-0.39, 0.29) is 29.7 Å². The molecule has 0 saturated heterocycles. The second-order valence-corrected chi connectivity index (χ2v) is 5.35. The van der Waals surface area contributed by atoms with Crippen molar-refractivity contribution in [3.05, 3.63) is 82.9 Å². The fourth-order valence-corrected chi connectivity index (χ4v) is 2.09. The fraction of sp³-hybridized carbons (Fsp3) is 0.211. The van der Waals surface area contributed by atoms with Crippen LogP contribution in [0.2, 0.25) is 0 Å². The standard InChI is InChI=1S/C19H22N4O3.HI/c1-2-12-20-19(21-13-14-26-18-6-4-3-5-7-18)22-15-16-8-10-17(11-9-16)23(24)25;/h2-11H,1,12-15H2,(H2,20,21,22);1H. The molecule has 2 rings (SSSR count). The van der Waals surface area contributed by atoms with Gasteiger partial charge in [0.1, 0.15) is 12.4 Å². The van der Waals surface area contributed by atoms with Gasteiger partial charge < -0.3 is 15.4 Å². The molecule has 0 aromatic heterocycles. The lowest BCUT2D eigenvalue weighted by Crippen LogP contribution is -2.39. The van der Waals surface area contributed by atoms with Crippen LogP contribution in [0.1, 0.15) is 5.56 Å². The number of hydrogen-bond donors (Lipinski definition) is 2. The molecule has 0 aliphatic carbocycles. The molecule has 0 radical (unpaired) electrons. The Bertz CT molecular complexity index is 736. The van der Waals surface area contributed by atoms with Crippen LogP contribution in [-0.2, 0) is 6.54 Å². The van der Waals surface area contributed by atoms with E-state index in [1.54, 1.807) is 18.2 Å². The van der Waals surface area contributed by atoms with E-state index in [1.165, 1.54) is 12.1 Å². The molecule has 0 fully saturated rings. The third-order valence-corrected chi connectivity index (χ3v) is 3.39. The van der Waals surface area contributed by atoms with Crippen molar-refractivity contribution in [1.82, 2.24) is 10.6 Å². The Balaban J connectivity index is 0.00000364. The number of nitrogens with zero attached hydrogens (tertiary/aromatic N) is 2. The third-order valence-electron chi connectivity index (χ3n) is 3.39. The number of aliphatic imine (C=N–C) groups is 1. The summed E-state index contributed by atoms with van der Waals surface area (Å²) < 4.78 is 5.63. The molecule has 0 saturated carbocycles. The van der Waals surface area contributed by atoms with Crippen LogP contribution in [0.4, 0.5) is 5.69 Å². The summed E-state index contributed by atoms with van der Waals surface area (Å²) in [4.78, 5) is 14.7. The van der Waals surface area contributed by atoms with Crippen LogP contribution in [0.25, 0.3) is 0 Å². The van der Waals surface area contributed by atoms with E-state index < -0.39 is 4.92 Å². The van der Waals surface area contributed by atoms with Gasteiger partial charge in [-0.2, -0.15) is 0 Å². The van der Waals surface area contributed by atoms with Crippen LogP contribution in [0.5, 0.6) is 5.75 Å². The molecule has 27 heavy (non-hydrogen) atoms. The van der Waals surface area contributed by atoms with E-state index in [4.69, 9.17) is 4.74 Å². The number of halogens is 1. The van der Waals surface area contributed by atoms with E-state index >= 15 is 0 Å². The first kappa shape index (κ1) is 22.4. The average molecular weight is 482 g/mol. The molecule has 2 N–H and O–H groups in total. The zero-order valence-corrected chi connectivity index (χ0v) is 17.2. The molecule has 0 heterocycles. The summed E-state index contributed by atoms with van der Waals surface area (Å²) in [5, 5.41) is 17.0. The van der Waals surface area contributed by atoms with Crippen molar-refractivity contribution >= 4 is 35.6 Å². The van der Waals surface area contributed by atoms with Gasteiger partial charge in [-0.15, -0.1) is 30.6 Å². The third kappa shape index (κ3) is 8.54. The molecular formula is C19H23IN4O3. The van der Waals surface area contributed by atoms with Crippen molar-refractivity contribution < 1.29 is 9.66 Å². The highest BCUT2D eigenvalue weighted by Gasteiger charge is 2.04. The average Bonchev–Trinajstić information content (AvgIpc) is 2.67. The first-order valence-corrected chi connectivity index (χ1v) is 8.23. The number of non-ortho nitro benzene ring substituents is 1. The van der Waals surface area contributed by atoms with E-state index in [2.05, 4.69) is 22.2 Å². The van der Waals surface area contributed by atoms with Gasteiger partial charge in [-0.3, -0.25) is 10.1 Å². The van der Waals surface area contributed by atoms with Crippen LogP contribution in [-0.4, -0.2) is 30.6 Å². The lowest BCUT2D eigenvalue weighted by molar-refractivity contribution is -0.384. The van der Waals surface area contributed by atoms with E-state index in [1.807, 2.05) is 30.3 Å². The van der Waals surface area contributed by atoms with Crippen molar-refractivity contribution in [3.63, 3.8) is 0 Å². The summed E-state index contributed by atoms with van der Waals surface area (Å²) in [6.45, 7) is 5.74. The predicted molar refractivity (Wildman–Crippen MR) is 118 cm³/mol. The van der Waals surface area contributed by atoms with Gasteiger partial charge in [0.25, 0.3) is 5.69 Å². The number of hydrogen-bond acceptors (Lipinski definition) is 4. The molecule has 0 aliphatic rings. The second kappa shape index (κ2) is 12.7. The molecule has 2 aromatic carbocycles. The SMILES string of the molecule is C=CCNC(=NCc1ccc([N+](=O)[O-])cc1)NCCOc1ccccc1.I. The lowest BCUT2D eigenvalue weighted by atomic mass is 10.2. The van der Waals surface area contributed by atoms with Gasteiger partial charge in [0.15, 0.2) is 5.96 Å². The molecule has 0 unspecified atom stereocenters. The first-order chi connectivity index (χ1) is 12.7. The maximum absolute atomic E-state index is 10.7. The van der Waals surface area contributed by atoms with Crippen LogP contribution >= 0.6 is 24.0 Å². The van der Waals surface area contributed by atoms with Gasteiger partial charge in [0.2, 0.25) is 0 Å². The van der Waals surface area contributed by atoms with Crippen molar-refractivity contribution in [1.29, 1.82) is 0 Å². The summed E-state index contributed by atoms with van der Waals surface area (Å²) in [5.41, 5.74) is 0.953. The highest BCUT2D eigenvalue weighted by atomic mass is 127. The summed E-state index contributed by atoms with van der Waals surface area (Å²) in [6.07, 6.45) is 1.74. The number of benzene rings is 2. The van der Waals surface area contributed by atoms with Gasteiger partial charge in [0.05, 0.1) is 18.0 Å². The number of nitro groups is 1. The Morgan fingerprint density at radius 3 is 2.48 bits per heavy atom. The maximum Gasteiger partial charge on any atom is 0.269 e. The highest BCUT2D eigenvalue weighted by molar-refractivity contribution is 14.0.